The number of hydrogen-bond donors (Lipinski definition) is 1. The first-order chi connectivity index (χ1) is 9.66. The Balaban J connectivity index is 2.27. The Kier molecular flexibility index (Phi) is 8.02. The van der Waals surface area contributed by atoms with Gasteiger partial charge in [-0.2, -0.15) is 12.6 Å². The van der Waals surface area contributed by atoms with Crippen molar-refractivity contribution in [3.63, 3.8) is 0 Å². The third-order valence-electron chi connectivity index (χ3n) is 3.25. The maximum atomic E-state index is 11.8. The Bertz CT molecular complexity index is 474. The average Bonchev–Trinajstić information content (AvgIpc) is 2.43. The summed E-state index contributed by atoms with van der Waals surface area (Å²) in [6.07, 6.45) is 9.54. The molecule has 0 unspecified atom stereocenters. The van der Waals surface area contributed by atoms with E-state index >= 15 is 0 Å². The van der Waals surface area contributed by atoms with Crippen LogP contribution in [0.1, 0.15) is 44.9 Å². The van der Waals surface area contributed by atoms with E-state index in [1.165, 1.54) is 36.3 Å². The van der Waals surface area contributed by atoms with Gasteiger partial charge in [0.15, 0.2) is 0 Å². The molecule has 0 aliphatic rings. The van der Waals surface area contributed by atoms with Crippen molar-refractivity contribution in [1.82, 2.24) is 4.57 Å². The molecule has 0 amide bonds. The zero-order valence-corrected chi connectivity index (χ0v) is 12.6. The summed E-state index contributed by atoms with van der Waals surface area (Å²) >= 11 is 4.17. The maximum absolute atomic E-state index is 11.8. The SMILES string of the molecule is O=c1c([N+](=O)[O-])cccn1CCCCCCCCCS. The largest absolute Gasteiger partial charge is 0.334 e. The predicted molar refractivity (Wildman–Crippen MR) is 83.5 cm³/mol. The van der Waals surface area contributed by atoms with E-state index in [0.717, 1.165) is 25.0 Å². The highest BCUT2D eigenvalue weighted by Crippen LogP contribution is 2.09. The first-order valence-corrected chi connectivity index (χ1v) is 7.74. The van der Waals surface area contributed by atoms with Crippen molar-refractivity contribution in [2.45, 2.75) is 51.5 Å². The molecular formula is C14H22N2O3S. The van der Waals surface area contributed by atoms with Gasteiger partial charge in [0.2, 0.25) is 0 Å². The first-order valence-electron chi connectivity index (χ1n) is 7.11. The van der Waals surface area contributed by atoms with Gasteiger partial charge in [-0.25, -0.2) is 0 Å². The van der Waals surface area contributed by atoms with Gasteiger partial charge in [-0.3, -0.25) is 14.9 Å². The second-order valence-electron chi connectivity index (χ2n) is 4.85. The number of aromatic nitrogens is 1. The number of unbranched alkanes of at least 4 members (excludes halogenated alkanes) is 6. The van der Waals surface area contributed by atoms with Crippen LogP contribution in [-0.4, -0.2) is 15.2 Å². The number of thiol groups is 1. The minimum absolute atomic E-state index is 0.348. The van der Waals surface area contributed by atoms with Gasteiger partial charge in [-0.15, -0.1) is 0 Å². The lowest BCUT2D eigenvalue weighted by molar-refractivity contribution is -0.386. The molecule has 1 aromatic rings. The van der Waals surface area contributed by atoms with Crippen LogP contribution >= 0.6 is 12.6 Å². The molecule has 112 valence electrons. The van der Waals surface area contributed by atoms with E-state index in [1.807, 2.05) is 0 Å². The van der Waals surface area contributed by atoms with Gasteiger partial charge in [-0.05, 0) is 24.7 Å². The second-order valence-corrected chi connectivity index (χ2v) is 5.29. The quantitative estimate of drug-likeness (QED) is 0.311. The molecule has 0 N–H and O–H groups in total. The summed E-state index contributed by atoms with van der Waals surface area (Å²) in [6.45, 7) is 0.553. The second kappa shape index (κ2) is 9.58. The van der Waals surface area contributed by atoms with E-state index < -0.39 is 10.5 Å². The zero-order valence-electron chi connectivity index (χ0n) is 11.7. The molecular weight excluding hydrogens is 276 g/mol. The monoisotopic (exact) mass is 298 g/mol. The molecule has 1 heterocycles. The average molecular weight is 298 g/mol. The molecule has 0 aliphatic carbocycles. The molecule has 1 aromatic heterocycles. The number of aryl methyl sites for hydroxylation is 1. The Labute approximate surface area is 124 Å². The van der Waals surface area contributed by atoms with Gasteiger partial charge >= 0.3 is 11.2 Å². The Morgan fingerprint density at radius 1 is 1.10 bits per heavy atom. The molecule has 0 saturated carbocycles. The third-order valence-corrected chi connectivity index (χ3v) is 3.57. The molecule has 1 rings (SSSR count). The zero-order chi connectivity index (χ0) is 14.8. The summed E-state index contributed by atoms with van der Waals surface area (Å²) in [7, 11) is 0. The summed E-state index contributed by atoms with van der Waals surface area (Å²) in [6, 6.07) is 2.80. The molecule has 0 saturated heterocycles. The molecule has 0 radical (unpaired) electrons. The molecule has 0 atom stereocenters. The molecule has 0 aromatic carbocycles. The smallest absolute Gasteiger partial charge is 0.310 e. The lowest BCUT2D eigenvalue weighted by Crippen LogP contribution is -2.21. The molecule has 0 aliphatic heterocycles. The predicted octanol–water partition coefficient (Wildman–Crippen LogP) is 3.42. The number of nitro groups is 1. The van der Waals surface area contributed by atoms with Crippen LogP contribution in [0.3, 0.4) is 0 Å². The van der Waals surface area contributed by atoms with Crippen molar-refractivity contribution in [2.75, 3.05) is 5.75 Å². The van der Waals surface area contributed by atoms with E-state index in [2.05, 4.69) is 12.6 Å². The standard InChI is InChI=1S/C14H22N2O3S/c17-14-13(16(18)19)9-8-11-15(14)10-6-4-2-1-3-5-7-12-20/h8-9,11,20H,1-7,10,12H2. The minimum atomic E-state index is -0.625. The summed E-state index contributed by atoms with van der Waals surface area (Å²) in [5.41, 5.74) is -0.856. The third kappa shape index (κ3) is 5.77. The topological polar surface area (TPSA) is 65.1 Å². The van der Waals surface area contributed by atoms with Gasteiger partial charge in [-0.1, -0.05) is 32.1 Å². The molecule has 5 nitrogen and oxygen atoms in total. The lowest BCUT2D eigenvalue weighted by Gasteiger charge is -2.05. The number of nitrogens with zero attached hydrogens (tertiary/aromatic N) is 2. The Morgan fingerprint density at radius 2 is 1.70 bits per heavy atom. The lowest BCUT2D eigenvalue weighted by atomic mass is 10.1. The van der Waals surface area contributed by atoms with E-state index in [4.69, 9.17) is 0 Å². The van der Waals surface area contributed by atoms with Crippen LogP contribution in [0, 0.1) is 10.1 Å². The van der Waals surface area contributed by atoms with Crippen LogP contribution in [0.25, 0.3) is 0 Å². The van der Waals surface area contributed by atoms with Gasteiger partial charge in [0, 0.05) is 18.8 Å². The first kappa shape index (κ1) is 16.8. The van der Waals surface area contributed by atoms with Gasteiger partial charge in [0.25, 0.3) is 0 Å². The minimum Gasteiger partial charge on any atom is -0.310 e. The highest BCUT2D eigenvalue weighted by atomic mass is 32.1. The van der Waals surface area contributed by atoms with Crippen LogP contribution in [-0.2, 0) is 6.54 Å². The summed E-state index contributed by atoms with van der Waals surface area (Å²) in [5, 5.41) is 10.7. The maximum Gasteiger partial charge on any atom is 0.334 e. The van der Waals surface area contributed by atoms with Gasteiger partial charge in [0.05, 0.1) is 4.92 Å². The normalized spacial score (nSPS) is 10.7. The van der Waals surface area contributed by atoms with Crippen molar-refractivity contribution >= 4 is 18.3 Å². The van der Waals surface area contributed by atoms with E-state index in [9.17, 15) is 14.9 Å². The molecule has 0 fully saturated rings. The van der Waals surface area contributed by atoms with E-state index in [1.54, 1.807) is 12.3 Å². The molecule has 0 bridgehead atoms. The Morgan fingerprint density at radius 3 is 2.30 bits per heavy atom. The number of hydrogen-bond acceptors (Lipinski definition) is 4. The van der Waals surface area contributed by atoms with Gasteiger partial charge in [0.1, 0.15) is 0 Å². The fraction of sp³-hybridized carbons (Fsp3) is 0.643. The van der Waals surface area contributed by atoms with Crippen LogP contribution in [0.2, 0.25) is 0 Å². The van der Waals surface area contributed by atoms with E-state index in [0.29, 0.717) is 6.54 Å². The molecule has 6 heteroatoms. The molecule has 20 heavy (non-hydrogen) atoms. The van der Waals surface area contributed by atoms with Gasteiger partial charge < -0.3 is 4.57 Å². The van der Waals surface area contributed by atoms with Crippen molar-refractivity contribution < 1.29 is 4.92 Å². The fourth-order valence-electron chi connectivity index (χ4n) is 2.12. The number of pyridine rings is 1. The van der Waals surface area contributed by atoms with Crippen molar-refractivity contribution in [3.05, 3.63) is 38.8 Å². The van der Waals surface area contributed by atoms with Crippen LogP contribution < -0.4 is 5.56 Å². The summed E-state index contributed by atoms with van der Waals surface area (Å²) in [5.74, 6) is 0.954. The van der Waals surface area contributed by atoms with Crippen molar-refractivity contribution in [1.29, 1.82) is 0 Å². The summed E-state index contributed by atoms with van der Waals surface area (Å²) in [4.78, 5) is 21.8. The van der Waals surface area contributed by atoms with Crippen molar-refractivity contribution in [3.8, 4) is 0 Å². The number of rotatable bonds is 10. The Hall–Kier alpha value is -1.30. The highest BCUT2D eigenvalue weighted by Gasteiger charge is 2.12. The fourth-order valence-corrected chi connectivity index (χ4v) is 2.34. The molecule has 0 spiro atoms. The van der Waals surface area contributed by atoms with Crippen LogP contribution in [0.4, 0.5) is 5.69 Å². The highest BCUT2D eigenvalue weighted by molar-refractivity contribution is 7.80. The summed E-state index contributed by atoms with van der Waals surface area (Å²) < 4.78 is 1.43. The van der Waals surface area contributed by atoms with Crippen LogP contribution in [0.15, 0.2) is 23.1 Å². The van der Waals surface area contributed by atoms with E-state index in [-0.39, 0.29) is 5.69 Å². The van der Waals surface area contributed by atoms with Crippen LogP contribution in [0.5, 0.6) is 0 Å². The van der Waals surface area contributed by atoms with Crippen molar-refractivity contribution in [2.24, 2.45) is 0 Å².